The van der Waals surface area contributed by atoms with Crippen molar-refractivity contribution in [2.75, 3.05) is 5.73 Å². The summed E-state index contributed by atoms with van der Waals surface area (Å²) in [5.74, 6) is 1.34. The third-order valence-electron chi connectivity index (χ3n) is 3.09. The summed E-state index contributed by atoms with van der Waals surface area (Å²) in [6.45, 7) is 2.07. The minimum Gasteiger partial charge on any atom is -0.396 e. The number of aromatic nitrogens is 2. The Morgan fingerprint density at radius 1 is 1.29 bits per heavy atom. The minimum atomic E-state index is 0.557. The number of nitrogen functional groups attached to an aromatic ring is 1. The van der Waals surface area contributed by atoms with Crippen molar-refractivity contribution in [1.29, 1.82) is 0 Å². The summed E-state index contributed by atoms with van der Waals surface area (Å²) in [5.41, 5.74) is 9.94. The SMILES string of the molecule is Cc1cccc(-c2ncc(N)c(C3CC3)n2)c1. The van der Waals surface area contributed by atoms with Gasteiger partial charge in [-0.2, -0.15) is 0 Å². The van der Waals surface area contributed by atoms with Gasteiger partial charge < -0.3 is 5.73 Å². The standard InChI is InChI=1S/C14H15N3/c1-9-3-2-4-11(7-9)14-16-8-12(15)13(17-14)10-5-6-10/h2-4,7-8,10H,5-6,15H2,1H3. The van der Waals surface area contributed by atoms with Gasteiger partial charge in [-0.1, -0.05) is 23.8 Å². The Labute approximate surface area is 101 Å². The van der Waals surface area contributed by atoms with Crippen LogP contribution in [0.15, 0.2) is 30.5 Å². The van der Waals surface area contributed by atoms with Gasteiger partial charge in [0.25, 0.3) is 0 Å². The summed E-state index contributed by atoms with van der Waals surface area (Å²) in [6, 6.07) is 8.24. The number of rotatable bonds is 2. The Balaban J connectivity index is 2.06. The average molecular weight is 225 g/mol. The molecule has 1 fully saturated rings. The molecule has 3 nitrogen and oxygen atoms in total. The van der Waals surface area contributed by atoms with Gasteiger partial charge >= 0.3 is 0 Å². The van der Waals surface area contributed by atoms with E-state index in [0.717, 1.165) is 22.8 Å². The van der Waals surface area contributed by atoms with Crippen LogP contribution in [-0.4, -0.2) is 9.97 Å². The number of hydrogen-bond acceptors (Lipinski definition) is 3. The van der Waals surface area contributed by atoms with Crippen molar-refractivity contribution in [2.45, 2.75) is 25.7 Å². The molecule has 0 saturated heterocycles. The highest BCUT2D eigenvalue weighted by atomic mass is 14.9. The first-order valence-electron chi connectivity index (χ1n) is 5.93. The number of anilines is 1. The number of aryl methyl sites for hydroxylation is 1. The quantitative estimate of drug-likeness (QED) is 0.855. The van der Waals surface area contributed by atoms with Crippen LogP contribution in [0.5, 0.6) is 0 Å². The molecule has 3 heteroatoms. The molecule has 86 valence electrons. The van der Waals surface area contributed by atoms with Crippen LogP contribution in [0.2, 0.25) is 0 Å². The Morgan fingerprint density at radius 3 is 2.82 bits per heavy atom. The number of hydrogen-bond donors (Lipinski definition) is 1. The monoisotopic (exact) mass is 225 g/mol. The van der Waals surface area contributed by atoms with Crippen molar-refractivity contribution in [3.8, 4) is 11.4 Å². The molecular weight excluding hydrogens is 210 g/mol. The second-order valence-corrected chi connectivity index (χ2v) is 4.68. The van der Waals surface area contributed by atoms with Crippen LogP contribution in [0, 0.1) is 6.92 Å². The lowest BCUT2D eigenvalue weighted by molar-refractivity contribution is 1.00. The van der Waals surface area contributed by atoms with Crippen LogP contribution in [0.4, 0.5) is 5.69 Å². The summed E-state index contributed by atoms with van der Waals surface area (Å²) < 4.78 is 0. The molecular formula is C14H15N3. The molecule has 0 unspecified atom stereocenters. The number of nitrogens with zero attached hydrogens (tertiary/aromatic N) is 2. The van der Waals surface area contributed by atoms with Gasteiger partial charge in [0.2, 0.25) is 0 Å². The molecule has 1 heterocycles. The van der Waals surface area contributed by atoms with Crippen molar-refractivity contribution in [3.05, 3.63) is 41.7 Å². The normalized spacial score (nSPS) is 14.9. The van der Waals surface area contributed by atoms with Crippen molar-refractivity contribution < 1.29 is 0 Å². The van der Waals surface area contributed by atoms with Crippen LogP contribution >= 0.6 is 0 Å². The summed E-state index contributed by atoms with van der Waals surface area (Å²) in [7, 11) is 0. The van der Waals surface area contributed by atoms with Crippen LogP contribution in [-0.2, 0) is 0 Å². The van der Waals surface area contributed by atoms with E-state index in [-0.39, 0.29) is 0 Å². The van der Waals surface area contributed by atoms with Gasteiger partial charge in [-0.25, -0.2) is 9.97 Å². The molecule has 2 N–H and O–H groups in total. The van der Waals surface area contributed by atoms with Crippen molar-refractivity contribution in [3.63, 3.8) is 0 Å². The second kappa shape index (κ2) is 3.84. The minimum absolute atomic E-state index is 0.557. The third kappa shape index (κ3) is 2.00. The molecule has 1 aromatic carbocycles. The van der Waals surface area contributed by atoms with Crippen LogP contribution in [0.3, 0.4) is 0 Å². The first-order valence-corrected chi connectivity index (χ1v) is 5.93. The lowest BCUT2D eigenvalue weighted by atomic mass is 10.1. The van der Waals surface area contributed by atoms with Crippen LogP contribution in [0.1, 0.15) is 30.0 Å². The fraction of sp³-hybridized carbons (Fsp3) is 0.286. The maximum atomic E-state index is 5.91. The maximum absolute atomic E-state index is 5.91. The Bertz CT molecular complexity index is 559. The van der Waals surface area contributed by atoms with E-state index >= 15 is 0 Å². The number of nitrogens with two attached hydrogens (primary N) is 1. The van der Waals surface area contributed by atoms with Gasteiger partial charge in [-0.15, -0.1) is 0 Å². The van der Waals surface area contributed by atoms with Crippen molar-refractivity contribution in [2.24, 2.45) is 0 Å². The predicted molar refractivity (Wildman–Crippen MR) is 68.6 cm³/mol. The van der Waals surface area contributed by atoms with Gasteiger partial charge in [0.15, 0.2) is 5.82 Å². The topological polar surface area (TPSA) is 51.8 Å². The van der Waals surface area contributed by atoms with Crippen LogP contribution in [0.25, 0.3) is 11.4 Å². The average Bonchev–Trinajstić information content (AvgIpc) is 3.14. The lowest BCUT2D eigenvalue weighted by Crippen LogP contribution is -2.00. The van der Waals surface area contributed by atoms with E-state index in [9.17, 15) is 0 Å². The van der Waals surface area contributed by atoms with E-state index in [0.29, 0.717) is 5.92 Å². The molecule has 3 rings (SSSR count). The predicted octanol–water partition coefficient (Wildman–Crippen LogP) is 2.91. The van der Waals surface area contributed by atoms with Gasteiger partial charge in [0, 0.05) is 11.5 Å². The molecule has 17 heavy (non-hydrogen) atoms. The maximum Gasteiger partial charge on any atom is 0.159 e. The Morgan fingerprint density at radius 2 is 2.12 bits per heavy atom. The highest BCUT2D eigenvalue weighted by Crippen LogP contribution is 2.41. The molecule has 0 amide bonds. The van der Waals surface area contributed by atoms with Gasteiger partial charge in [-0.05, 0) is 25.8 Å². The fourth-order valence-corrected chi connectivity index (χ4v) is 2.01. The summed E-state index contributed by atoms with van der Waals surface area (Å²) in [6.07, 6.45) is 4.14. The fourth-order valence-electron chi connectivity index (χ4n) is 2.01. The highest BCUT2D eigenvalue weighted by molar-refractivity contribution is 5.58. The molecule has 0 aliphatic heterocycles. The Hall–Kier alpha value is -1.90. The third-order valence-corrected chi connectivity index (χ3v) is 3.09. The zero-order valence-electron chi connectivity index (χ0n) is 9.85. The second-order valence-electron chi connectivity index (χ2n) is 4.68. The van der Waals surface area contributed by atoms with Crippen LogP contribution < -0.4 is 5.73 Å². The van der Waals surface area contributed by atoms with Gasteiger partial charge in [0.1, 0.15) is 0 Å². The molecule has 0 radical (unpaired) electrons. The van der Waals surface area contributed by atoms with Crippen molar-refractivity contribution in [1.82, 2.24) is 9.97 Å². The highest BCUT2D eigenvalue weighted by Gasteiger charge is 2.27. The summed E-state index contributed by atoms with van der Waals surface area (Å²) in [5, 5.41) is 0. The molecule has 1 aliphatic rings. The zero-order chi connectivity index (χ0) is 11.8. The van der Waals surface area contributed by atoms with E-state index < -0.39 is 0 Å². The molecule has 0 spiro atoms. The van der Waals surface area contributed by atoms with Gasteiger partial charge in [-0.3, -0.25) is 0 Å². The summed E-state index contributed by atoms with van der Waals surface area (Å²) in [4.78, 5) is 8.93. The van der Waals surface area contributed by atoms with Crippen molar-refractivity contribution >= 4 is 5.69 Å². The largest absolute Gasteiger partial charge is 0.396 e. The molecule has 1 aliphatic carbocycles. The Kier molecular flexibility index (Phi) is 2.32. The zero-order valence-corrected chi connectivity index (χ0v) is 9.85. The first-order chi connectivity index (χ1) is 8.24. The first kappa shape index (κ1) is 10.3. The molecule has 0 atom stereocenters. The van der Waals surface area contributed by atoms with Gasteiger partial charge in [0.05, 0.1) is 17.6 Å². The molecule has 1 saturated carbocycles. The summed E-state index contributed by atoms with van der Waals surface area (Å²) >= 11 is 0. The molecule has 2 aromatic rings. The number of benzene rings is 1. The van der Waals surface area contributed by atoms with E-state index in [1.54, 1.807) is 6.20 Å². The smallest absolute Gasteiger partial charge is 0.159 e. The molecule has 1 aromatic heterocycles. The molecule has 0 bridgehead atoms. The lowest BCUT2D eigenvalue weighted by Gasteiger charge is -2.06. The van der Waals surface area contributed by atoms with E-state index in [1.807, 2.05) is 12.1 Å². The van der Waals surface area contributed by atoms with E-state index in [1.165, 1.54) is 18.4 Å². The van der Waals surface area contributed by atoms with E-state index in [2.05, 4.69) is 29.0 Å². The van der Waals surface area contributed by atoms with E-state index in [4.69, 9.17) is 5.73 Å².